The van der Waals surface area contributed by atoms with E-state index in [1.165, 1.54) is 5.56 Å². The minimum atomic E-state index is -0.281. The molecule has 2 aromatic rings. The molecule has 4 heteroatoms. The van der Waals surface area contributed by atoms with E-state index >= 15 is 0 Å². The molecule has 3 N–H and O–H groups in total. The van der Waals surface area contributed by atoms with E-state index in [2.05, 4.69) is 28.5 Å². The lowest BCUT2D eigenvalue weighted by Gasteiger charge is -2.06. The molecule has 1 aromatic carbocycles. The molecule has 4 nitrogen and oxygen atoms in total. The Hall–Kier alpha value is -2.20. The molecule has 0 radical (unpaired) electrons. The van der Waals surface area contributed by atoms with Gasteiger partial charge in [-0.25, -0.2) is 0 Å². The minimum Gasteiger partial charge on any atom is -0.370 e. The molecule has 19 heavy (non-hydrogen) atoms. The maximum Gasteiger partial charge on any atom is 0.218 e. The summed E-state index contributed by atoms with van der Waals surface area (Å²) in [6.07, 6.45) is 3.97. The summed E-state index contributed by atoms with van der Waals surface area (Å²) in [6, 6.07) is 12.2. The molecule has 2 rings (SSSR count). The third kappa shape index (κ3) is 4.19. The van der Waals surface area contributed by atoms with Gasteiger partial charge in [-0.15, -0.1) is 0 Å². The highest BCUT2D eigenvalue weighted by atomic mass is 16.1. The molecule has 1 amide bonds. The van der Waals surface area contributed by atoms with Crippen molar-refractivity contribution in [1.82, 2.24) is 10.3 Å². The summed E-state index contributed by atoms with van der Waals surface area (Å²) in [6.45, 7) is 1.33. The van der Waals surface area contributed by atoms with Crippen LogP contribution >= 0.6 is 0 Å². The highest BCUT2D eigenvalue weighted by Gasteiger charge is 1.99. The Morgan fingerprint density at radius 2 is 2.05 bits per heavy atom. The van der Waals surface area contributed by atoms with Gasteiger partial charge in [-0.3, -0.25) is 9.78 Å². The molecule has 1 heterocycles. The molecule has 1 aromatic heterocycles. The van der Waals surface area contributed by atoms with Gasteiger partial charge in [0.25, 0.3) is 0 Å². The molecule has 0 bridgehead atoms. The van der Waals surface area contributed by atoms with E-state index in [0.717, 1.165) is 17.7 Å². The number of carbonyl (C=O) groups is 1. The van der Waals surface area contributed by atoms with Gasteiger partial charge in [-0.1, -0.05) is 24.3 Å². The second kappa shape index (κ2) is 6.66. The third-order valence-corrected chi connectivity index (χ3v) is 2.80. The van der Waals surface area contributed by atoms with Gasteiger partial charge < -0.3 is 11.1 Å². The Balaban J connectivity index is 1.98. The van der Waals surface area contributed by atoms with E-state index in [9.17, 15) is 4.79 Å². The van der Waals surface area contributed by atoms with Crippen LogP contribution in [-0.2, 0) is 11.3 Å². The summed E-state index contributed by atoms with van der Waals surface area (Å²) in [5, 5.41) is 3.20. The molecule has 0 fully saturated rings. The fourth-order valence-electron chi connectivity index (χ4n) is 1.84. The average molecular weight is 255 g/mol. The van der Waals surface area contributed by atoms with Crippen molar-refractivity contribution in [1.29, 1.82) is 0 Å². The third-order valence-electron chi connectivity index (χ3n) is 2.80. The number of nitrogens with two attached hydrogens (primary N) is 1. The van der Waals surface area contributed by atoms with E-state index in [0.29, 0.717) is 13.0 Å². The van der Waals surface area contributed by atoms with Crippen LogP contribution in [0.2, 0.25) is 0 Å². The standard InChI is InChI=1S/C15H17N3O/c16-15(19)6-8-18-10-12-3-1-4-13(9-12)14-5-2-7-17-11-14/h1-5,7,9,11,18H,6,8,10H2,(H2,16,19). The topological polar surface area (TPSA) is 68.0 Å². The van der Waals surface area contributed by atoms with Crippen molar-refractivity contribution < 1.29 is 4.79 Å². The SMILES string of the molecule is NC(=O)CCNCc1cccc(-c2cccnc2)c1. The number of amides is 1. The summed E-state index contributed by atoms with van der Waals surface area (Å²) in [7, 11) is 0. The Morgan fingerprint density at radius 1 is 1.21 bits per heavy atom. The number of primary amides is 1. The second-order valence-electron chi connectivity index (χ2n) is 4.34. The van der Waals surface area contributed by atoms with E-state index in [1.54, 1.807) is 6.20 Å². The van der Waals surface area contributed by atoms with Crippen LogP contribution in [0.1, 0.15) is 12.0 Å². The van der Waals surface area contributed by atoms with Gasteiger partial charge in [0, 0.05) is 31.9 Å². The molecule has 0 aliphatic rings. The Bertz CT molecular complexity index is 540. The highest BCUT2D eigenvalue weighted by Crippen LogP contribution is 2.18. The molecule has 0 unspecified atom stereocenters. The molecule has 0 aliphatic carbocycles. The van der Waals surface area contributed by atoms with Gasteiger partial charge in [0.2, 0.25) is 5.91 Å². The molecule has 0 aliphatic heterocycles. The zero-order valence-corrected chi connectivity index (χ0v) is 10.7. The summed E-state index contributed by atoms with van der Waals surface area (Å²) < 4.78 is 0. The molecule has 0 spiro atoms. The quantitative estimate of drug-likeness (QED) is 0.772. The van der Waals surface area contributed by atoms with Gasteiger partial charge in [0.1, 0.15) is 0 Å². The van der Waals surface area contributed by atoms with Gasteiger partial charge in [0.15, 0.2) is 0 Å². The van der Waals surface area contributed by atoms with E-state index in [-0.39, 0.29) is 5.91 Å². The number of rotatable bonds is 6. The first-order chi connectivity index (χ1) is 9.25. The van der Waals surface area contributed by atoms with Crippen LogP contribution in [0.15, 0.2) is 48.8 Å². The lowest BCUT2D eigenvalue weighted by Crippen LogP contribution is -2.21. The molecule has 0 atom stereocenters. The van der Waals surface area contributed by atoms with Crippen LogP contribution in [0.4, 0.5) is 0 Å². The van der Waals surface area contributed by atoms with E-state index in [4.69, 9.17) is 5.73 Å². The first-order valence-electron chi connectivity index (χ1n) is 6.24. The number of hydrogen-bond acceptors (Lipinski definition) is 3. The molecular weight excluding hydrogens is 238 g/mol. The van der Waals surface area contributed by atoms with E-state index in [1.807, 2.05) is 24.4 Å². The Kier molecular flexibility index (Phi) is 4.64. The van der Waals surface area contributed by atoms with Crippen LogP contribution in [0.5, 0.6) is 0 Å². The van der Waals surface area contributed by atoms with Crippen molar-refractivity contribution in [3.63, 3.8) is 0 Å². The van der Waals surface area contributed by atoms with Crippen molar-refractivity contribution in [3.8, 4) is 11.1 Å². The lowest BCUT2D eigenvalue weighted by molar-refractivity contribution is -0.117. The minimum absolute atomic E-state index is 0.281. The second-order valence-corrected chi connectivity index (χ2v) is 4.34. The van der Waals surface area contributed by atoms with Gasteiger partial charge in [0.05, 0.1) is 0 Å². The van der Waals surface area contributed by atoms with Gasteiger partial charge in [-0.2, -0.15) is 0 Å². The number of benzene rings is 1. The van der Waals surface area contributed by atoms with Crippen LogP contribution in [0.25, 0.3) is 11.1 Å². The maximum absolute atomic E-state index is 10.6. The normalized spacial score (nSPS) is 10.3. The number of nitrogens with one attached hydrogen (secondary N) is 1. The average Bonchev–Trinajstić information content (AvgIpc) is 2.45. The van der Waals surface area contributed by atoms with Crippen LogP contribution in [-0.4, -0.2) is 17.4 Å². The summed E-state index contributed by atoms with van der Waals surface area (Å²) in [5.41, 5.74) is 8.50. The van der Waals surface area contributed by atoms with Gasteiger partial charge >= 0.3 is 0 Å². The van der Waals surface area contributed by atoms with Gasteiger partial charge in [-0.05, 0) is 28.8 Å². The highest BCUT2D eigenvalue weighted by molar-refractivity contribution is 5.73. The van der Waals surface area contributed by atoms with E-state index < -0.39 is 0 Å². The Labute approximate surface area is 112 Å². The molecule has 0 saturated heterocycles. The number of nitrogens with zero attached hydrogens (tertiary/aromatic N) is 1. The zero-order valence-electron chi connectivity index (χ0n) is 10.7. The van der Waals surface area contributed by atoms with Crippen LogP contribution in [0, 0.1) is 0 Å². The summed E-state index contributed by atoms with van der Waals surface area (Å²) in [4.78, 5) is 14.7. The fraction of sp³-hybridized carbons (Fsp3) is 0.200. The zero-order chi connectivity index (χ0) is 13.5. The molecular formula is C15H17N3O. The largest absolute Gasteiger partial charge is 0.370 e. The first kappa shape index (κ1) is 13.2. The predicted molar refractivity (Wildman–Crippen MR) is 75.2 cm³/mol. The van der Waals surface area contributed by atoms with Crippen LogP contribution < -0.4 is 11.1 Å². The van der Waals surface area contributed by atoms with Crippen molar-refractivity contribution in [2.45, 2.75) is 13.0 Å². The maximum atomic E-state index is 10.6. The molecule has 98 valence electrons. The Morgan fingerprint density at radius 3 is 2.79 bits per heavy atom. The van der Waals surface area contributed by atoms with Crippen molar-refractivity contribution in [2.75, 3.05) is 6.54 Å². The number of aromatic nitrogens is 1. The van der Waals surface area contributed by atoms with Crippen molar-refractivity contribution >= 4 is 5.91 Å². The number of hydrogen-bond donors (Lipinski definition) is 2. The van der Waals surface area contributed by atoms with Crippen molar-refractivity contribution in [2.24, 2.45) is 5.73 Å². The summed E-state index contributed by atoms with van der Waals surface area (Å²) >= 11 is 0. The lowest BCUT2D eigenvalue weighted by atomic mass is 10.0. The smallest absolute Gasteiger partial charge is 0.218 e. The summed E-state index contributed by atoms with van der Waals surface area (Å²) in [5.74, 6) is -0.281. The van der Waals surface area contributed by atoms with Crippen molar-refractivity contribution in [3.05, 3.63) is 54.4 Å². The first-order valence-corrected chi connectivity index (χ1v) is 6.24. The predicted octanol–water partition coefficient (Wildman–Crippen LogP) is 1.71. The van der Waals surface area contributed by atoms with Crippen LogP contribution in [0.3, 0.4) is 0 Å². The monoisotopic (exact) mass is 255 g/mol. The number of carbonyl (C=O) groups excluding carboxylic acids is 1. The molecule has 0 saturated carbocycles. The fourth-order valence-corrected chi connectivity index (χ4v) is 1.84. The number of pyridine rings is 1.